The third-order valence-corrected chi connectivity index (χ3v) is 5.53. The van der Waals surface area contributed by atoms with Gasteiger partial charge in [-0.15, -0.1) is 0 Å². The van der Waals surface area contributed by atoms with Gasteiger partial charge in [0.25, 0.3) is 0 Å². The summed E-state index contributed by atoms with van der Waals surface area (Å²) in [5.74, 6) is 0. The van der Waals surface area contributed by atoms with Gasteiger partial charge in [0.2, 0.25) is 0 Å². The van der Waals surface area contributed by atoms with Gasteiger partial charge in [0.1, 0.15) is 0 Å². The van der Waals surface area contributed by atoms with Gasteiger partial charge in [-0.2, -0.15) is 5.10 Å². The van der Waals surface area contributed by atoms with E-state index in [0.29, 0.717) is 6.04 Å². The number of pyridine rings is 1. The summed E-state index contributed by atoms with van der Waals surface area (Å²) in [7, 11) is 0. The Morgan fingerprint density at radius 1 is 0.778 bits per heavy atom. The van der Waals surface area contributed by atoms with E-state index in [4.69, 9.17) is 0 Å². The Morgan fingerprint density at radius 3 is 2.00 bits per heavy atom. The molecule has 1 saturated heterocycles. The molecule has 134 valence electrons. The van der Waals surface area contributed by atoms with Crippen molar-refractivity contribution in [2.75, 3.05) is 26.2 Å². The Kier molecular flexibility index (Phi) is 4.18. The van der Waals surface area contributed by atoms with Crippen LogP contribution in [-0.4, -0.2) is 47.3 Å². The SMILES string of the molecule is C(=N/N1CCN(C2c3ccccc3-c3ccccc32)CC1)/c1ccncc1. The molecule has 5 rings (SSSR count). The zero-order valence-corrected chi connectivity index (χ0v) is 15.2. The zero-order chi connectivity index (χ0) is 18.1. The van der Waals surface area contributed by atoms with Gasteiger partial charge in [0.05, 0.1) is 12.3 Å². The number of hydrogen-bond donors (Lipinski definition) is 0. The fourth-order valence-corrected chi connectivity index (χ4v) is 4.21. The standard InChI is InChI=1S/C23H22N4/c1-3-7-21-19(5-1)20-6-2-4-8-22(20)23(21)26-13-15-27(16-14-26)25-17-18-9-11-24-12-10-18/h1-12,17,23H,13-16H2/b25-17-. The van der Waals surface area contributed by atoms with Gasteiger partial charge in [-0.1, -0.05) is 48.5 Å². The number of hydrazone groups is 1. The third-order valence-electron chi connectivity index (χ3n) is 5.53. The summed E-state index contributed by atoms with van der Waals surface area (Å²) in [6.45, 7) is 3.92. The van der Waals surface area contributed by atoms with Crippen molar-refractivity contribution in [2.45, 2.75) is 6.04 Å². The van der Waals surface area contributed by atoms with Crippen LogP contribution in [0.25, 0.3) is 11.1 Å². The van der Waals surface area contributed by atoms with E-state index in [9.17, 15) is 0 Å². The minimum Gasteiger partial charge on any atom is -0.294 e. The fraction of sp³-hybridized carbons (Fsp3) is 0.217. The molecule has 0 atom stereocenters. The van der Waals surface area contributed by atoms with E-state index in [2.05, 4.69) is 68.5 Å². The van der Waals surface area contributed by atoms with Crippen LogP contribution in [0.15, 0.2) is 78.2 Å². The molecular formula is C23H22N4. The second kappa shape index (κ2) is 6.97. The molecule has 4 nitrogen and oxygen atoms in total. The maximum absolute atomic E-state index is 4.66. The van der Waals surface area contributed by atoms with Crippen LogP contribution in [0.2, 0.25) is 0 Å². The van der Waals surface area contributed by atoms with Crippen LogP contribution in [0.1, 0.15) is 22.7 Å². The Balaban J connectivity index is 1.33. The summed E-state index contributed by atoms with van der Waals surface area (Å²) in [5.41, 5.74) is 6.73. The Labute approximate surface area is 159 Å². The molecule has 2 heterocycles. The molecule has 0 unspecified atom stereocenters. The molecule has 2 aromatic carbocycles. The predicted octanol–water partition coefficient (Wildman–Crippen LogP) is 3.80. The van der Waals surface area contributed by atoms with Crippen molar-refractivity contribution in [3.63, 3.8) is 0 Å². The summed E-state index contributed by atoms with van der Waals surface area (Å²) in [6.07, 6.45) is 5.53. The average molecular weight is 354 g/mol. The van der Waals surface area contributed by atoms with Crippen molar-refractivity contribution >= 4 is 6.21 Å². The number of aromatic nitrogens is 1. The maximum Gasteiger partial charge on any atom is 0.0615 e. The van der Waals surface area contributed by atoms with Gasteiger partial charge in [-0.25, -0.2) is 0 Å². The van der Waals surface area contributed by atoms with Crippen molar-refractivity contribution in [3.05, 3.63) is 89.7 Å². The minimum absolute atomic E-state index is 0.365. The lowest BCUT2D eigenvalue weighted by Crippen LogP contribution is -2.45. The van der Waals surface area contributed by atoms with Gasteiger partial charge in [-0.05, 0) is 39.9 Å². The van der Waals surface area contributed by atoms with Crippen LogP contribution in [-0.2, 0) is 0 Å². The van der Waals surface area contributed by atoms with E-state index in [1.807, 2.05) is 18.3 Å². The van der Waals surface area contributed by atoms with Crippen molar-refractivity contribution in [1.82, 2.24) is 14.9 Å². The lowest BCUT2D eigenvalue weighted by Gasteiger charge is -2.37. The molecule has 4 heteroatoms. The van der Waals surface area contributed by atoms with Gasteiger partial charge < -0.3 is 0 Å². The average Bonchev–Trinajstić information content (AvgIpc) is 3.08. The maximum atomic E-state index is 4.66. The van der Waals surface area contributed by atoms with Gasteiger partial charge in [-0.3, -0.25) is 14.9 Å². The number of benzene rings is 2. The van der Waals surface area contributed by atoms with E-state index in [1.54, 1.807) is 12.4 Å². The summed E-state index contributed by atoms with van der Waals surface area (Å²) in [6, 6.07) is 22.0. The summed E-state index contributed by atoms with van der Waals surface area (Å²) >= 11 is 0. The summed E-state index contributed by atoms with van der Waals surface area (Å²) in [4.78, 5) is 6.65. The lowest BCUT2D eigenvalue weighted by atomic mass is 10.0. The van der Waals surface area contributed by atoms with E-state index >= 15 is 0 Å². The minimum atomic E-state index is 0.365. The van der Waals surface area contributed by atoms with Crippen LogP contribution in [0, 0.1) is 0 Å². The monoisotopic (exact) mass is 354 g/mol. The highest BCUT2D eigenvalue weighted by Gasteiger charge is 2.33. The number of piperazine rings is 1. The molecule has 1 fully saturated rings. The molecular weight excluding hydrogens is 332 g/mol. The van der Waals surface area contributed by atoms with E-state index in [-0.39, 0.29) is 0 Å². The van der Waals surface area contributed by atoms with Crippen LogP contribution in [0.5, 0.6) is 0 Å². The molecule has 1 aliphatic heterocycles. The highest BCUT2D eigenvalue weighted by atomic mass is 15.5. The highest BCUT2D eigenvalue weighted by molar-refractivity contribution is 5.79. The van der Waals surface area contributed by atoms with Crippen LogP contribution >= 0.6 is 0 Å². The molecule has 1 aromatic heterocycles. The van der Waals surface area contributed by atoms with Crippen molar-refractivity contribution in [3.8, 4) is 11.1 Å². The number of fused-ring (bicyclic) bond motifs is 3. The van der Waals surface area contributed by atoms with Gasteiger partial charge in [0, 0.05) is 38.6 Å². The van der Waals surface area contributed by atoms with Gasteiger partial charge >= 0.3 is 0 Å². The van der Waals surface area contributed by atoms with Crippen molar-refractivity contribution in [1.29, 1.82) is 0 Å². The first-order valence-corrected chi connectivity index (χ1v) is 9.51. The Hall–Kier alpha value is -2.98. The van der Waals surface area contributed by atoms with Crippen LogP contribution in [0.4, 0.5) is 0 Å². The molecule has 0 radical (unpaired) electrons. The topological polar surface area (TPSA) is 31.7 Å². The summed E-state index contributed by atoms with van der Waals surface area (Å²) < 4.78 is 0. The Bertz CT molecular complexity index is 913. The predicted molar refractivity (Wildman–Crippen MR) is 109 cm³/mol. The molecule has 1 aliphatic carbocycles. The first kappa shape index (κ1) is 16.2. The van der Waals surface area contributed by atoms with Crippen molar-refractivity contribution in [2.24, 2.45) is 5.10 Å². The van der Waals surface area contributed by atoms with Gasteiger partial charge in [0.15, 0.2) is 0 Å². The van der Waals surface area contributed by atoms with Crippen molar-refractivity contribution < 1.29 is 0 Å². The zero-order valence-electron chi connectivity index (χ0n) is 15.2. The number of hydrogen-bond acceptors (Lipinski definition) is 4. The molecule has 3 aromatic rings. The van der Waals surface area contributed by atoms with E-state index in [0.717, 1.165) is 31.7 Å². The number of rotatable bonds is 3. The second-order valence-electron chi connectivity index (χ2n) is 7.09. The molecule has 27 heavy (non-hydrogen) atoms. The molecule has 0 amide bonds. The highest BCUT2D eigenvalue weighted by Crippen LogP contribution is 2.46. The first-order chi connectivity index (χ1) is 13.4. The number of nitrogens with zero attached hydrogens (tertiary/aromatic N) is 4. The molecule has 0 N–H and O–H groups in total. The molecule has 2 aliphatic rings. The largest absolute Gasteiger partial charge is 0.294 e. The Morgan fingerprint density at radius 2 is 1.37 bits per heavy atom. The van der Waals surface area contributed by atoms with Crippen LogP contribution in [0.3, 0.4) is 0 Å². The first-order valence-electron chi connectivity index (χ1n) is 9.51. The molecule has 0 bridgehead atoms. The smallest absolute Gasteiger partial charge is 0.0615 e. The van der Waals surface area contributed by atoms with Crippen LogP contribution < -0.4 is 0 Å². The van der Waals surface area contributed by atoms with E-state index in [1.165, 1.54) is 22.3 Å². The third kappa shape index (κ3) is 3.02. The second-order valence-corrected chi connectivity index (χ2v) is 7.09. The van der Waals surface area contributed by atoms with E-state index < -0.39 is 0 Å². The fourth-order valence-electron chi connectivity index (χ4n) is 4.21. The quantitative estimate of drug-likeness (QED) is 0.671. The molecule has 0 spiro atoms. The lowest BCUT2D eigenvalue weighted by molar-refractivity contribution is 0.114. The summed E-state index contributed by atoms with van der Waals surface area (Å²) in [5, 5.41) is 6.83. The molecule has 0 saturated carbocycles. The normalized spacial score (nSPS) is 17.3.